The number of aldehydes is 1. The van der Waals surface area contributed by atoms with E-state index in [1.165, 1.54) is 16.9 Å². The van der Waals surface area contributed by atoms with Crippen molar-refractivity contribution >= 4 is 17.6 Å². The van der Waals surface area contributed by atoms with Gasteiger partial charge in [0.2, 0.25) is 0 Å². The molecule has 4 rings (SSSR count). The first-order valence-electron chi connectivity index (χ1n) is 9.67. The number of benzene rings is 2. The van der Waals surface area contributed by atoms with Gasteiger partial charge < -0.3 is 4.74 Å². The Morgan fingerprint density at radius 1 is 1.07 bits per heavy atom. The van der Waals surface area contributed by atoms with Gasteiger partial charge in [-0.15, -0.1) is 11.3 Å². The molecule has 2 heterocycles. The van der Waals surface area contributed by atoms with Gasteiger partial charge in [0.15, 0.2) is 11.4 Å². The van der Waals surface area contributed by atoms with Crippen LogP contribution in [-0.2, 0) is 13.0 Å². The lowest BCUT2D eigenvalue weighted by Gasteiger charge is -2.12. The summed E-state index contributed by atoms with van der Waals surface area (Å²) in [6.07, 6.45) is 4.79. The highest BCUT2D eigenvalue weighted by Crippen LogP contribution is 2.34. The summed E-state index contributed by atoms with van der Waals surface area (Å²) in [6, 6.07) is 20.1. The molecule has 0 atom stereocenters. The summed E-state index contributed by atoms with van der Waals surface area (Å²) in [4.78, 5) is 16.1. The molecule has 29 heavy (non-hydrogen) atoms. The molecule has 4 nitrogen and oxygen atoms in total. The molecule has 0 aliphatic carbocycles. The van der Waals surface area contributed by atoms with E-state index in [0.29, 0.717) is 12.3 Å². The summed E-state index contributed by atoms with van der Waals surface area (Å²) in [6.45, 7) is 2.68. The van der Waals surface area contributed by atoms with Gasteiger partial charge in [-0.05, 0) is 41.8 Å². The van der Waals surface area contributed by atoms with Gasteiger partial charge in [-0.25, -0.2) is 4.98 Å². The van der Waals surface area contributed by atoms with E-state index < -0.39 is 0 Å². The molecule has 0 saturated heterocycles. The molecular formula is C24H22N2O2S. The SMILES string of the molecule is CCCc1ccc(OCc2ccccc2)c(-c2csc(-n3cccc3C=O)n2)c1. The van der Waals surface area contributed by atoms with Crippen molar-refractivity contribution in [3.8, 4) is 22.1 Å². The number of carbonyl (C=O) groups excluding carboxylic acids is 1. The highest BCUT2D eigenvalue weighted by molar-refractivity contribution is 7.12. The smallest absolute Gasteiger partial charge is 0.194 e. The third-order valence-electron chi connectivity index (χ3n) is 4.69. The molecule has 0 N–H and O–H groups in total. The predicted octanol–water partition coefficient (Wildman–Crippen LogP) is 5.94. The van der Waals surface area contributed by atoms with Crippen LogP contribution in [0.1, 0.15) is 35.0 Å². The van der Waals surface area contributed by atoms with Crippen molar-refractivity contribution in [1.82, 2.24) is 9.55 Å². The summed E-state index contributed by atoms with van der Waals surface area (Å²) >= 11 is 1.51. The highest BCUT2D eigenvalue weighted by Gasteiger charge is 2.14. The van der Waals surface area contributed by atoms with Gasteiger partial charge in [0, 0.05) is 17.1 Å². The van der Waals surface area contributed by atoms with Crippen LogP contribution < -0.4 is 4.74 Å². The molecule has 0 bridgehead atoms. The summed E-state index contributed by atoms with van der Waals surface area (Å²) in [5.41, 5.74) is 4.81. The van der Waals surface area contributed by atoms with Gasteiger partial charge >= 0.3 is 0 Å². The van der Waals surface area contributed by atoms with Crippen LogP contribution in [0.2, 0.25) is 0 Å². The first-order valence-corrected chi connectivity index (χ1v) is 10.5. The summed E-state index contributed by atoms with van der Waals surface area (Å²) in [5.74, 6) is 0.814. The maximum Gasteiger partial charge on any atom is 0.194 e. The third kappa shape index (κ3) is 4.30. The number of ether oxygens (including phenoxy) is 1. The highest BCUT2D eigenvalue weighted by atomic mass is 32.1. The van der Waals surface area contributed by atoms with E-state index in [1.807, 2.05) is 46.5 Å². The van der Waals surface area contributed by atoms with Crippen molar-refractivity contribution in [3.63, 3.8) is 0 Å². The zero-order chi connectivity index (χ0) is 20.1. The van der Waals surface area contributed by atoms with Crippen LogP contribution in [0.25, 0.3) is 16.4 Å². The molecule has 0 aliphatic rings. The Balaban J connectivity index is 1.67. The Morgan fingerprint density at radius 3 is 2.72 bits per heavy atom. The van der Waals surface area contributed by atoms with E-state index in [0.717, 1.165) is 46.8 Å². The van der Waals surface area contributed by atoms with Gasteiger partial charge in [-0.3, -0.25) is 9.36 Å². The van der Waals surface area contributed by atoms with Crippen LogP contribution in [0.15, 0.2) is 72.2 Å². The maximum atomic E-state index is 11.3. The molecule has 0 amide bonds. The minimum Gasteiger partial charge on any atom is -0.488 e. The molecule has 0 saturated carbocycles. The molecule has 0 spiro atoms. The Hall–Kier alpha value is -3.18. The number of aryl methyl sites for hydroxylation is 1. The zero-order valence-corrected chi connectivity index (χ0v) is 17.1. The van der Waals surface area contributed by atoms with E-state index >= 15 is 0 Å². The van der Waals surface area contributed by atoms with Crippen LogP contribution in [-0.4, -0.2) is 15.8 Å². The average Bonchev–Trinajstić information content (AvgIpc) is 3.43. The molecule has 2 aromatic carbocycles. The Labute approximate surface area is 174 Å². The molecule has 0 unspecified atom stereocenters. The minimum atomic E-state index is 0.505. The molecule has 4 aromatic rings. The second-order valence-corrected chi connectivity index (χ2v) is 7.63. The number of hydrogen-bond donors (Lipinski definition) is 0. The minimum absolute atomic E-state index is 0.505. The van der Waals surface area contributed by atoms with Gasteiger partial charge in [-0.2, -0.15) is 0 Å². The van der Waals surface area contributed by atoms with Crippen LogP contribution >= 0.6 is 11.3 Å². The van der Waals surface area contributed by atoms with Crippen LogP contribution in [0.4, 0.5) is 0 Å². The number of aromatic nitrogens is 2. The summed E-state index contributed by atoms with van der Waals surface area (Å²) < 4.78 is 7.96. The van der Waals surface area contributed by atoms with Gasteiger partial charge in [0.1, 0.15) is 12.4 Å². The van der Waals surface area contributed by atoms with Crippen molar-refractivity contribution in [2.75, 3.05) is 0 Å². The lowest BCUT2D eigenvalue weighted by molar-refractivity contribution is 0.111. The largest absolute Gasteiger partial charge is 0.488 e. The third-order valence-corrected chi connectivity index (χ3v) is 5.53. The molecule has 0 fully saturated rings. The molecule has 146 valence electrons. The van der Waals surface area contributed by atoms with E-state index in [1.54, 1.807) is 6.07 Å². The van der Waals surface area contributed by atoms with Crippen molar-refractivity contribution in [1.29, 1.82) is 0 Å². The zero-order valence-electron chi connectivity index (χ0n) is 16.2. The second kappa shape index (κ2) is 8.88. The monoisotopic (exact) mass is 402 g/mol. The lowest BCUT2D eigenvalue weighted by atomic mass is 10.0. The van der Waals surface area contributed by atoms with Gasteiger partial charge in [-0.1, -0.05) is 49.7 Å². The Morgan fingerprint density at radius 2 is 1.93 bits per heavy atom. The van der Waals surface area contributed by atoms with Gasteiger partial charge in [0.05, 0.1) is 11.4 Å². The first kappa shape index (κ1) is 19.2. The van der Waals surface area contributed by atoms with Crippen LogP contribution in [0, 0.1) is 0 Å². The normalized spacial score (nSPS) is 10.8. The van der Waals surface area contributed by atoms with Crippen molar-refractivity contribution in [2.45, 2.75) is 26.4 Å². The fraction of sp³-hybridized carbons (Fsp3) is 0.167. The summed E-state index contributed by atoms with van der Waals surface area (Å²) in [7, 11) is 0. The van der Waals surface area contributed by atoms with E-state index in [4.69, 9.17) is 9.72 Å². The topological polar surface area (TPSA) is 44.1 Å². The molecular weight excluding hydrogens is 380 g/mol. The summed E-state index contributed by atoms with van der Waals surface area (Å²) in [5, 5.41) is 2.78. The van der Waals surface area contributed by atoms with Crippen molar-refractivity contribution in [2.24, 2.45) is 0 Å². The van der Waals surface area contributed by atoms with Gasteiger partial charge in [0.25, 0.3) is 0 Å². The fourth-order valence-electron chi connectivity index (χ4n) is 3.25. The quantitative estimate of drug-likeness (QED) is 0.342. The second-order valence-electron chi connectivity index (χ2n) is 6.79. The molecule has 0 radical (unpaired) electrons. The number of hydrogen-bond acceptors (Lipinski definition) is 4. The van der Waals surface area contributed by atoms with E-state index in [2.05, 4.69) is 31.2 Å². The molecule has 0 aliphatic heterocycles. The van der Waals surface area contributed by atoms with E-state index in [9.17, 15) is 4.79 Å². The van der Waals surface area contributed by atoms with Crippen molar-refractivity contribution < 1.29 is 9.53 Å². The number of rotatable bonds is 8. The molecule has 5 heteroatoms. The standard InChI is InChI=1S/C24H22N2O2S/c1-2-7-18-11-12-23(28-16-19-8-4-3-5-9-19)21(14-18)22-17-29-24(25-22)26-13-6-10-20(26)15-27/h3-6,8-15,17H,2,7,16H2,1H3. The van der Waals surface area contributed by atoms with Crippen LogP contribution in [0.5, 0.6) is 5.75 Å². The Kier molecular flexibility index (Phi) is 5.86. The fourth-order valence-corrected chi connectivity index (χ4v) is 4.07. The van der Waals surface area contributed by atoms with Crippen LogP contribution in [0.3, 0.4) is 0 Å². The molecule has 2 aromatic heterocycles. The number of thiazole rings is 1. The lowest BCUT2D eigenvalue weighted by Crippen LogP contribution is -1.99. The number of nitrogens with zero attached hydrogens (tertiary/aromatic N) is 2. The Bertz CT molecular complexity index is 1100. The van der Waals surface area contributed by atoms with Crippen molar-refractivity contribution in [3.05, 3.63) is 89.1 Å². The van der Waals surface area contributed by atoms with E-state index in [-0.39, 0.29) is 0 Å². The number of carbonyl (C=O) groups is 1. The maximum absolute atomic E-state index is 11.3. The average molecular weight is 403 g/mol. The first-order chi connectivity index (χ1) is 14.3. The predicted molar refractivity (Wildman–Crippen MR) is 117 cm³/mol.